The Labute approximate surface area is 160 Å². The van der Waals surface area contributed by atoms with Crippen LogP contribution in [0, 0.1) is 5.82 Å². The van der Waals surface area contributed by atoms with E-state index in [2.05, 4.69) is 5.32 Å². The molecule has 0 unspecified atom stereocenters. The van der Waals surface area contributed by atoms with E-state index in [-0.39, 0.29) is 11.3 Å². The molecule has 0 aliphatic heterocycles. The fourth-order valence-corrected chi connectivity index (χ4v) is 2.79. The maximum atomic E-state index is 13.6. The second-order valence-electron chi connectivity index (χ2n) is 5.38. The number of esters is 1. The van der Waals surface area contributed by atoms with Crippen LogP contribution >= 0.6 is 23.2 Å². The highest BCUT2D eigenvalue weighted by Crippen LogP contribution is 2.26. The van der Waals surface area contributed by atoms with Crippen molar-refractivity contribution in [2.75, 3.05) is 13.7 Å². The molecule has 8 heteroatoms. The number of ether oxygens (including phenoxy) is 2. The van der Waals surface area contributed by atoms with E-state index in [1.54, 1.807) is 25.1 Å². The molecule has 1 amide bonds. The SMILES string of the molecule is COc1ccc(C(=O)OCC(=O)N[C@@H](C)c2ccc(Cl)cc2Cl)cc1F. The van der Waals surface area contributed by atoms with Gasteiger partial charge in [0.25, 0.3) is 5.91 Å². The highest BCUT2D eigenvalue weighted by atomic mass is 35.5. The van der Waals surface area contributed by atoms with Gasteiger partial charge in [-0.2, -0.15) is 0 Å². The molecule has 1 N–H and O–H groups in total. The van der Waals surface area contributed by atoms with Gasteiger partial charge in [0, 0.05) is 10.0 Å². The number of amides is 1. The quantitative estimate of drug-likeness (QED) is 0.740. The molecule has 0 aliphatic rings. The summed E-state index contributed by atoms with van der Waals surface area (Å²) in [4.78, 5) is 23.9. The van der Waals surface area contributed by atoms with E-state index in [4.69, 9.17) is 32.7 Å². The van der Waals surface area contributed by atoms with Gasteiger partial charge in [0.05, 0.1) is 18.7 Å². The summed E-state index contributed by atoms with van der Waals surface area (Å²) < 4.78 is 23.3. The molecule has 2 aromatic carbocycles. The van der Waals surface area contributed by atoms with Crippen molar-refractivity contribution in [3.05, 3.63) is 63.4 Å². The number of nitrogens with one attached hydrogen (secondary N) is 1. The van der Waals surface area contributed by atoms with Crippen LogP contribution in [0.5, 0.6) is 5.75 Å². The summed E-state index contributed by atoms with van der Waals surface area (Å²) >= 11 is 11.9. The summed E-state index contributed by atoms with van der Waals surface area (Å²) in [6, 6.07) is 8.14. The summed E-state index contributed by atoms with van der Waals surface area (Å²) in [7, 11) is 1.31. The maximum Gasteiger partial charge on any atom is 0.338 e. The minimum absolute atomic E-state index is 0.00737. The number of hydrogen-bond acceptors (Lipinski definition) is 4. The fourth-order valence-electron chi connectivity index (χ4n) is 2.22. The normalized spacial score (nSPS) is 11.6. The zero-order valence-electron chi connectivity index (χ0n) is 14.0. The smallest absolute Gasteiger partial charge is 0.338 e. The molecule has 0 radical (unpaired) electrons. The first-order chi connectivity index (χ1) is 12.3. The van der Waals surface area contributed by atoms with Crippen molar-refractivity contribution in [3.63, 3.8) is 0 Å². The molecule has 0 aliphatic carbocycles. The van der Waals surface area contributed by atoms with Crippen molar-refractivity contribution in [1.29, 1.82) is 0 Å². The molecule has 5 nitrogen and oxygen atoms in total. The van der Waals surface area contributed by atoms with E-state index >= 15 is 0 Å². The van der Waals surface area contributed by atoms with E-state index in [1.165, 1.54) is 19.2 Å². The van der Waals surface area contributed by atoms with Crippen LogP contribution in [0.25, 0.3) is 0 Å². The zero-order chi connectivity index (χ0) is 19.3. The molecule has 0 saturated carbocycles. The van der Waals surface area contributed by atoms with Gasteiger partial charge < -0.3 is 14.8 Å². The predicted molar refractivity (Wildman–Crippen MR) is 96.3 cm³/mol. The lowest BCUT2D eigenvalue weighted by Crippen LogP contribution is -2.31. The predicted octanol–water partition coefficient (Wildman–Crippen LogP) is 4.18. The van der Waals surface area contributed by atoms with Gasteiger partial charge in [0.15, 0.2) is 18.2 Å². The Morgan fingerprint density at radius 3 is 2.54 bits per heavy atom. The van der Waals surface area contributed by atoms with Gasteiger partial charge in [-0.25, -0.2) is 9.18 Å². The lowest BCUT2D eigenvalue weighted by Gasteiger charge is -2.16. The van der Waals surface area contributed by atoms with Crippen molar-refractivity contribution in [1.82, 2.24) is 5.32 Å². The molecule has 0 heterocycles. The standard InChI is InChI=1S/C18H16Cl2FNO4/c1-10(13-5-4-12(19)8-14(13)20)22-17(23)9-26-18(24)11-3-6-16(25-2)15(21)7-11/h3-8,10H,9H2,1-2H3,(H,22,23)/t10-/m0/s1. The third-order valence-electron chi connectivity index (χ3n) is 3.53. The monoisotopic (exact) mass is 399 g/mol. The van der Waals surface area contributed by atoms with Gasteiger partial charge in [-0.05, 0) is 42.8 Å². The molecule has 0 saturated heterocycles. The number of carbonyl (C=O) groups is 2. The number of carbonyl (C=O) groups excluding carboxylic acids is 2. The summed E-state index contributed by atoms with van der Waals surface area (Å²) in [5, 5.41) is 3.55. The van der Waals surface area contributed by atoms with E-state index in [9.17, 15) is 14.0 Å². The minimum Gasteiger partial charge on any atom is -0.494 e. The molecule has 0 aromatic heterocycles. The molecule has 26 heavy (non-hydrogen) atoms. The van der Waals surface area contributed by atoms with Crippen LogP contribution in [0.4, 0.5) is 4.39 Å². The Balaban J connectivity index is 1.91. The lowest BCUT2D eigenvalue weighted by molar-refractivity contribution is -0.124. The van der Waals surface area contributed by atoms with Gasteiger partial charge >= 0.3 is 5.97 Å². The third kappa shape index (κ3) is 5.09. The largest absolute Gasteiger partial charge is 0.494 e. The first-order valence-electron chi connectivity index (χ1n) is 7.56. The second-order valence-corrected chi connectivity index (χ2v) is 6.22. The molecule has 0 bridgehead atoms. The number of rotatable bonds is 6. The zero-order valence-corrected chi connectivity index (χ0v) is 15.5. The Bertz CT molecular complexity index is 829. The molecular weight excluding hydrogens is 384 g/mol. The van der Waals surface area contributed by atoms with E-state index in [0.717, 1.165) is 6.07 Å². The lowest BCUT2D eigenvalue weighted by atomic mass is 10.1. The van der Waals surface area contributed by atoms with E-state index < -0.39 is 30.3 Å². The Kier molecular flexibility index (Phi) is 6.83. The maximum absolute atomic E-state index is 13.6. The minimum atomic E-state index is -0.820. The highest BCUT2D eigenvalue weighted by Gasteiger charge is 2.16. The number of halogens is 3. The van der Waals surface area contributed by atoms with Crippen LogP contribution < -0.4 is 10.1 Å². The van der Waals surface area contributed by atoms with Crippen molar-refractivity contribution in [3.8, 4) is 5.75 Å². The van der Waals surface area contributed by atoms with E-state index in [0.29, 0.717) is 15.6 Å². The van der Waals surface area contributed by atoms with Crippen molar-refractivity contribution in [2.24, 2.45) is 0 Å². The molecule has 1 atom stereocenters. The van der Waals surface area contributed by atoms with Crippen molar-refractivity contribution >= 4 is 35.1 Å². The van der Waals surface area contributed by atoms with Crippen LogP contribution in [-0.4, -0.2) is 25.6 Å². The average molecular weight is 400 g/mol. The van der Waals surface area contributed by atoms with Crippen molar-refractivity contribution < 1.29 is 23.5 Å². The summed E-state index contributed by atoms with van der Waals surface area (Å²) in [5.74, 6) is -2.03. The number of hydrogen-bond donors (Lipinski definition) is 1. The fraction of sp³-hybridized carbons (Fsp3) is 0.222. The van der Waals surface area contributed by atoms with Gasteiger partial charge in [0.2, 0.25) is 0 Å². The van der Waals surface area contributed by atoms with Crippen LogP contribution in [0.3, 0.4) is 0 Å². The molecular formula is C18H16Cl2FNO4. The van der Waals surface area contributed by atoms with Gasteiger partial charge in [-0.1, -0.05) is 29.3 Å². The van der Waals surface area contributed by atoms with E-state index in [1.807, 2.05) is 0 Å². The second kappa shape index (κ2) is 8.87. The summed E-state index contributed by atoms with van der Waals surface area (Å²) in [6.07, 6.45) is 0. The Morgan fingerprint density at radius 2 is 1.92 bits per heavy atom. The van der Waals surface area contributed by atoms with Crippen LogP contribution in [0.15, 0.2) is 36.4 Å². The highest BCUT2D eigenvalue weighted by molar-refractivity contribution is 6.35. The Hall–Kier alpha value is -2.31. The first-order valence-corrected chi connectivity index (χ1v) is 8.32. The average Bonchev–Trinajstić information content (AvgIpc) is 2.59. The molecule has 0 fully saturated rings. The van der Waals surface area contributed by atoms with Gasteiger partial charge in [-0.15, -0.1) is 0 Å². The summed E-state index contributed by atoms with van der Waals surface area (Å²) in [6.45, 7) is 1.22. The molecule has 0 spiro atoms. The number of methoxy groups -OCH3 is 1. The topological polar surface area (TPSA) is 64.6 Å². The molecule has 2 rings (SSSR count). The van der Waals surface area contributed by atoms with Crippen LogP contribution in [0.2, 0.25) is 10.0 Å². The third-order valence-corrected chi connectivity index (χ3v) is 4.09. The van der Waals surface area contributed by atoms with Crippen molar-refractivity contribution in [2.45, 2.75) is 13.0 Å². The molecule has 2 aromatic rings. The first kappa shape index (κ1) is 20.0. The molecule has 138 valence electrons. The van der Waals surface area contributed by atoms with Crippen LogP contribution in [0.1, 0.15) is 28.9 Å². The van der Waals surface area contributed by atoms with Gasteiger partial charge in [-0.3, -0.25) is 4.79 Å². The Morgan fingerprint density at radius 1 is 1.19 bits per heavy atom. The number of benzene rings is 2. The van der Waals surface area contributed by atoms with Gasteiger partial charge in [0.1, 0.15) is 0 Å². The van der Waals surface area contributed by atoms with Crippen LogP contribution in [-0.2, 0) is 9.53 Å². The summed E-state index contributed by atoms with van der Waals surface area (Å²) in [5.41, 5.74) is 0.651.